The van der Waals surface area contributed by atoms with Crippen LogP contribution in [0.3, 0.4) is 0 Å². The van der Waals surface area contributed by atoms with Crippen LogP contribution in [0, 0.1) is 11.6 Å². The number of hydrogen-bond acceptors (Lipinski definition) is 13. The molecule has 0 atom stereocenters. The van der Waals surface area contributed by atoms with Crippen molar-refractivity contribution in [2.75, 3.05) is 33.5 Å². The molecule has 0 radical (unpaired) electrons. The largest absolute Gasteiger partial charge is 0.462 e. The summed E-state index contributed by atoms with van der Waals surface area (Å²) in [5.74, 6) is -0.618. The van der Waals surface area contributed by atoms with E-state index in [0.717, 1.165) is 39.7 Å². The summed E-state index contributed by atoms with van der Waals surface area (Å²) in [6.45, 7) is 1.28. The van der Waals surface area contributed by atoms with Crippen molar-refractivity contribution in [1.82, 2.24) is 49.8 Å². The van der Waals surface area contributed by atoms with Gasteiger partial charge in [0.15, 0.2) is 9.92 Å². The van der Waals surface area contributed by atoms with Crippen molar-refractivity contribution < 1.29 is 21.9 Å². The van der Waals surface area contributed by atoms with Crippen molar-refractivity contribution >= 4 is 42.4 Å². The summed E-state index contributed by atoms with van der Waals surface area (Å²) in [5, 5.41) is 3.59. The molecule has 6 aromatic heterocycles. The van der Waals surface area contributed by atoms with Gasteiger partial charge in [-0.1, -0.05) is 0 Å². The lowest BCUT2D eigenvalue weighted by atomic mass is 10.1. The minimum Gasteiger partial charge on any atom is -0.462 e. The lowest BCUT2D eigenvalue weighted by molar-refractivity contribution is 0.245. The minimum atomic E-state index is -3.54. The third-order valence-corrected chi connectivity index (χ3v) is 9.99. The molecule has 6 heterocycles. The van der Waals surface area contributed by atoms with Gasteiger partial charge in [0, 0.05) is 59.5 Å². The Labute approximate surface area is 310 Å². The average Bonchev–Trinajstić information content (AvgIpc) is 3.91. The van der Waals surface area contributed by atoms with Gasteiger partial charge in [-0.05, 0) is 74.8 Å². The summed E-state index contributed by atoms with van der Waals surface area (Å²) >= 11 is 2.97. The van der Waals surface area contributed by atoms with Crippen molar-refractivity contribution in [1.29, 1.82) is 0 Å². The molecule has 0 amide bonds. The molecule has 2 aromatic carbocycles. The zero-order valence-electron chi connectivity index (χ0n) is 28.6. The number of likely N-dealkylation sites (N-methyl/N-ethyl adjacent to an activating group) is 1. The van der Waals surface area contributed by atoms with E-state index >= 15 is 0 Å². The molecule has 8 aromatic rings. The molecular weight excluding hydrogens is 743 g/mol. The van der Waals surface area contributed by atoms with Crippen LogP contribution in [-0.4, -0.2) is 85.5 Å². The van der Waals surface area contributed by atoms with E-state index < -0.39 is 9.84 Å². The van der Waals surface area contributed by atoms with Crippen molar-refractivity contribution in [3.8, 4) is 51.3 Å². The molecule has 0 aliphatic heterocycles. The topological polar surface area (TPSA) is 168 Å². The first kappa shape index (κ1) is 37.2. The van der Waals surface area contributed by atoms with E-state index in [0.29, 0.717) is 41.0 Å². The fourth-order valence-electron chi connectivity index (χ4n) is 5.19. The molecule has 3 N–H and O–H groups in total. The summed E-state index contributed by atoms with van der Waals surface area (Å²) in [4.78, 5) is 29.7. The summed E-state index contributed by atoms with van der Waals surface area (Å²) < 4.78 is 59.6. The monoisotopic (exact) mass is 774 g/mol. The second-order valence-corrected chi connectivity index (χ2v) is 15.3. The van der Waals surface area contributed by atoms with Crippen LogP contribution in [0.25, 0.3) is 55.2 Å². The number of sulfone groups is 1. The number of rotatable bonds is 9. The van der Waals surface area contributed by atoms with E-state index in [4.69, 9.17) is 9.72 Å². The number of hydrogen-bond donors (Lipinski definition) is 1. The summed E-state index contributed by atoms with van der Waals surface area (Å²) in [6.07, 6.45) is 7.91. The highest BCUT2D eigenvalue weighted by Crippen LogP contribution is 2.35. The lowest BCUT2D eigenvalue weighted by Crippen LogP contribution is -2.20. The van der Waals surface area contributed by atoms with E-state index in [1.807, 2.05) is 57.0 Å². The molecular formula is C35H32F2N10O3S3. The minimum absolute atomic E-state index is 0. The number of halogens is 2. The molecule has 0 unspecified atom stereocenters. The number of fused-ring (bicyclic) bond motifs is 2. The maximum Gasteiger partial charge on any atom is 0.316 e. The first-order valence-electron chi connectivity index (χ1n) is 15.6. The number of thiazole rings is 2. The summed E-state index contributed by atoms with van der Waals surface area (Å²) in [7, 11) is 0.424. The molecule has 53 heavy (non-hydrogen) atoms. The van der Waals surface area contributed by atoms with Crippen LogP contribution in [0.2, 0.25) is 0 Å². The second kappa shape index (κ2) is 15.6. The average molecular weight is 775 g/mol. The normalized spacial score (nSPS) is 11.4. The first-order valence-corrected chi connectivity index (χ1v) is 19.3. The first-order chi connectivity index (χ1) is 25.0. The molecule has 13 nitrogen and oxygen atoms in total. The predicted octanol–water partition coefficient (Wildman–Crippen LogP) is 6.82. The van der Waals surface area contributed by atoms with Crippen LogP contribution in [0.1, 0.15) is 0 Å². The van der Waals surface area contributed by atoms with Crippen LogP contribution in [-0.2, 0) is 9.84 Å². The SMILES string of the molecule is CN(C)CCOc1nccc(-c2c(-c3ccc(F)cc3)nc3sccn23)n1.CS(=O)(=O)c1nccc(-c2c(-c3ccc(F)cc3)nc3sccn23)n1.N. The van der Waals surface area contributed by atoms with Crippen LogP contribution in [0.4, 0.5) is 8.78 Å². The zero-order valence-corrected chi connectivity index (χ0v) is 31.0. The number of nitrogens with zero attached hydrogens (tertiary/aromatic N) is 9. The number of imidazole rings is 2. The Morgan fingerprint density at radius 2 is 1.21 bits per heavy atom. The van der Waals surface area contributed by atoms with Gasteiger partial charge in [0.2, 0.25) is 15.0 Å². The van der Waals surface area contributed by atoms with Crippen LogP contribution >= 0.6 is 22.7 Å². The van der Waals surface area contributed by atoms with Gasteiger partial charge >= 0.3 is 6.01 Å². The molecule has 272 valence electrons. The quantitative estimate of drug-likeness (QED) is 0.153. The highest BCUT2D eigenvalue weighted by molar-refractivity contribution is 7.90. The fourth-order valence-corrected chi connectivity index (χ4v) is 7.14. The molecule has 18 heteroatoms. The summed E-state index contributed by atoms with van der Waals surface area (Å²) in [6, 6.07) is 16.1. The predicted molar refractivity (Wildman–Crippen MR) is 201 cm³/mol. The Kier molecular flexibility index (Phi) is 11.0. The Hall–Kier alpha value is -5.53. The van der Waals surface area contributed by atoms with Crippen molar-refractivity contribution in [3.05, 3.63) is 108 Å². The summed E-state index contributed by atoms with van der Waals surface area (Å²) in [5.41, 5.74) is 5.50. The standard InChI is InChI=1S/C19H18FN5OS.C16H11FN4O2S2.H3N/c1-24(2)9-11-26-18-21-8-7-15(22-18)17-16(13-3-5-14(20)6-4-13)23-19-25(17)10-12-27-19;1-25(22,23)15-18-7-6-12(19-15)14-13(10-2-4-11(17)5-3-10)20-16-21(14)8-9-24-16;/h3-8,10,12H,9,11H2,1-2H3;2-9H,1H3;1H3. The van der Waals surface area contributed by atoms with Crippen molar-refractivity contribution in [2.45, 2.75) is 5.16 Å². The molecule has 0 spiro atoms. The number of benzene rings is 2. The molecule has 0 saturated carbocycles. The molecule has 0 aliphatic carbocycles. The van der Waals surface area contributed by atoms with Gasteiger partial charge in [0.05, 0.1) is 22.8 Å². The van der Waals surface area contributed by atoms with Crippen LogP contribution in [0.5, 0.6) is 6.01 Å². The van der Waals surface area contributed by atoms with Gasteiger partial charge in [-0.2, -0.15) is 4.98 Å². The van der Waals surface area contributed by atoms with Crippen molar-refractivity contribution in [2.24, 2.45) is 0 Å². The zero-order chi connectivity index (χ0) is 36.4. The van der Waals surface area contributed by atoms with Gasteiger partial charge in [0.25, 0.3) is 0 Å². The third kappa shape index (κ3) is 8.11. The van der Waals surface area contributed by atoms with Gasteiger partial charge in [-0.3, -0.25) is 8.80 Å². The number of aromatic nitrogens is 8. The van der Waals surface area contributed by atoms with Crippen LogP contribution < -0.4 is 10.9 Å². The van der Waals surface area contributed by atoms with Gasteiger partial charge in [0.1, 0.15) is 29.6 Å². The van der Waals surface area contributed by atoms with Gasteiger partial charge in [-0.15, -0.1) is 22.7 Å². The Morgan fingerprint density at radius 3 is 1.70 bits per heavy atom. The maximum atomic E-state index is 13.3. The van der Waals surface area contributed by atoms with E-state index in [9.17, 15) is 17.2 Å². The molecule has 8 rings (SSSR count). The molecule has 0 aliphatic rings. The molecule has 0 saturated heterocycles. The second-order valence-electron chi connectivity index (χ2n) is 11.6. The molecule has 0 bridgehead atoms. The van der Waals surface area contributed by atoms with E-state index in [-0.39, 0.29) is 22.9 Å². The fraction of sp³-hybridized carbons (Fsp3) is 0.143. The Balaban J connectivity index is 0.000000178. The highest BCUT2D eigenvalue weighted by Gasteiger charge is 2.21. The molecule has 0 fully saturated rings. The van der Waals surface area contributed by atoms with Gasteiger partial charge in [-0.25, -0.2) is 42.1 Å². The number of ether oxygens (including phenoxy) is 1. The Bertz CT molecular complexity index is 2600. The Morgan fingerprint density at radius 1 is 0.717 bits per heavy atom. The lowest BCUT2D eigenvalue weighted by Gasteiger charge is -2.10. The van der Waals surface area contributed by atoms with E-state index in [1.165, 1.54) is 53.1 Å². The maximum absolute atomic E-state index is 13.3. The van der Waals surface area contributed by atoms with Gasteiger partial charge < -0.3 is 15.8 Å². The van der Waals surface area contributed by atoms with E-state index in [1.54, 1.807) is 36.5 Å². The van der Waals surface area contributed by atoms with Crippen molar-refractivity contribution in [3.63, 3.8) is 0 Å². The third-order valence-electron chi connectivity index (χ3n) is 7.61. The van der Waals surface area contributed by atoms with E-state index in [2.05, 4.69) is 24.9 Å². The van der Waals surface area contributed by atoms with Crippen LogP contribution in [0.15, 0.2) is 101 Å². The highest BCUT2D eigenvalue weighted by atomic mass is 32.2. The smallest absolute Gasteiger partial charge is 0.316 e.